The molecule has 0 aromatic heterocycles. The van der Waals surface area contributed by atoms with Crippen molar-refractivity contribution < 1.29 is 23.9 Å². The van der Waals surface area contributed by atoms with E-state index in [4.69, 9.17) is 4.74 Å². The summed E-state index contributed by atoms with van der Waals surface area (Å²) in [6.45, 7) is 7.43. The molecule has 0 unspecified atom stereocenters. The van der Waals surface area contributed by atoms with Crippen LogP contribution in [0.2, 0.25) is 0 Å². The number of carbonyl (C=O) groups excluding carboxylic acids is 3. The highest BCUT2D eigenvalue weighted by Crippen LogP contribution is 2.06. The van der Waals surface area contributed by atoms with Crippen molar-refractivity contribution in [2.24, 2.45) is 0 Å². The fourth-order valence-electron chi connectivity index (χ4n) is 1.17. The predicted molar refractivity (Wildman–Crippen MR) is 69.5 cm³/mol. The van der Waals surface area contributed by atoms with Gasteiger partial charge in [-0.2, -0.15) is 0 Å². The molecule has 6 nitrogen and oxygen atoms in total. The molecular weight excluding hydrogens is 250 g/mol. The highest BCUT2D eigenvalue weighted by molar-refractivity contribution is 5.85. The third kappa shape index (κ3) is 11.2. The maximum absolute atomic E-state index is 11.3. The fourth-order valence-corrected chi connectivity index (χ4v) is 1.17. The number of ether oxygens (including phenoxy) is 2. The third-order valence-corrected chi connectivity index (χ3v) is 1.91. The van der Waals surface area contributed by atoms with E-state index in [2.05, 4.69) is 10.1 Å². The van der Waals surface area contributed by atoms with E-state index >= 15 is 0 Å². The van der Waals surface area contributed by atoms with Crippen LogP contribution in [0.5, 0.6) is 0 Å². The second-order valence-electron chi connectivity index (χ2n) is 5.13. The Morgan fingerprint density at radius 3 is 2.16 bits per heavy atom. The highest BCUT2D eigenvalue weighted by Gasteiger charge is 2.15. The Balaban J connectivity index is 3.66. The molecule has 0 aliphatic heterocycles. The average Bonchev–Trinajstić information content (AvgIpc) is 2.22. The van der Waals surface area contributed by atoms with Crippen LogP contribution < -0.4 is 5.32 Å². The van der Waals surface area contributed by atoms with Crippen LogP contribution >= 0.6 is 0 Å². The molecule has 110 valence electrons. The van der Waals surface area contributed by atoms with Crippen LogP contribution in [0.15, 0.2) is 0 Å². The first-order valence-electron chi connectivity index (χ1n) is 6.45. The molecule has 0 atom stereocenters. The minimum Gasteiger partial charge on any atom is -0.444 e. The van der Waals surface area contributed by atoms with E-state index in [-0.39, 0.29) is 12.8 Å². The summed E-state index contributed by atoms with van der Waals surface area (Å²) in [6, 6.07) is 0. The van der Waals surface area contributed by atoms with Gasteiger partial charge in [-0.25, -0.2) is 4.79 Å². The van der Waals surface area contributed by atoms with Crippen LogP contribution in [0.4, 0.5) is 4.79 Å². The van der Waals surface area contributed by atoms with Crippen LogP contribution in [-0.2, 0) is 19.1 Å². The highest BCUT2D eigenvalue weighted by atomic mass is 16.6. The van der Waals surface area contributed by atoms with Gasteiger partial charge in [0.1, 0.15) is 5.60 Å². The lowest BCUT2D eigenvalue weighted by molar-refractivity contribution is -0.159. The van der Waals surface area contributed by atoms with Crippen molar-refractivity contribution in [1.29, 1.82) is 0 Å². The molecule has 0 aromatic carbocycles. The lowest BCUT2D eigenvalue weighted by Crippen LogP contribution is -2.33. The second-order valence-corrected chi connectivity index (χ2v) is 5.13. The molecule has 0 aliphatic carbocycles. The Morgan fingerprint density at radius 2 is 1.63 bits per heavy atom. The van der Waals surface area contributed by atoms with Crippen LogP contribution in [0, 0.1) is 0 Å². The largest absolute Gasteiger partial charge is 0.444 e. The Hall–Kier alpha value is -1.59. The van der Waals surface area contributed by atoms with Crippen LogP contribution in [0.25, 0.3) is 0 Å². The normalized spacial score (nSPS) is 10.7. The van der Waals surface area contributed by atoms with Gasteiger partial charge in [-0.3, -0.25) is 9.59 Å². The molecule has 0 saturated carbocycles. The smallest absolute Gasteiger partial charge is 0.407 e. The van der Waals surface area contributed by atoms with Gasteiger partial charge in [0.15, 0.2) is 0 Å². The number of rotatable bonds is 6. The van der Waals surface area contributed by atoms with Gasteiger partial charge in [-0.15, -0.1) is 0 Å². The van der Waals surface area contributed by atoms with E-state index in [0.29, 0.717) is 19.4 Å². The summed E-state index contributed by atoms with van der Waals surface area (Å²) in [5.74, 6) is -1.07. The standard InChI is InChI=1S/C13H23NO5/c1-5-7-10(15)18-11(16)8-6-9-14-12(17)19-13(2,3)4/h5-9H2,1-4H3,(H,14,17). The summed E-state index contributed by atoms with van der Waals surface area (Å²) in [4.78, 5) is 33.5. The Morgan fingerprint density at radius 1 is 1.05 bits per heavy atom. The minimum atomic E-state index is -0.565. The van der Waals surface area contributed by atoms with E-state index in [1.165, 1.54) is 0 Å². The zero-order valence-electron chi connectivity index (χ0n) is 12.1. The van der Waals surface area contributed by atoms with Gasteiger partial charge in [-0.05, 0) is 33.6 Å². The van der Waals surface area contributed by atoms with Crippen molar-refractivity contribution in [2.45, 2.75) is 59.0 Å². The Bertz CT molecular complexity index is 319. The Labute approximate surface area is 113 Å². The average molecular weight is 273 g/mol. The molecule has 0 radical (unpaired) electrons. The molecule has 0 aromatic rings. The molecule has 1 amide bonds. The number of amides is 1. The van der Waals surface area contributed by atoms with Gasteiger partial charge in [-0.1, -0.05) is 6.92 Å². The van der Waals surface area contributed by atoms with Crippen molar-refractivity contribution >= 4 is 18.0 Å². The van der Waals surface area contributed by atoms with Crippen LogP contribution in [0.3, 0.4) is 0 Å². The number of hydrogen-bond acceptors (Lipinski definition) is 5. The topological polar surface area (TPSA) is 81.7 Å². The molecule has 6 heteroatoms. The monoisotopic (exact) mass is 273 g/mol. The van der Waals surface area contributed by atoms with Gasteiger partial charge < -0.3 is 14.8 Å². The van der Waals surface area contributed by atoms with E-state index in [0.717, 1.165) is 0 Å². The van der Waals surface area contributed by atoms with E-state index in [9.17, 15) is 14.4 Å². The van der Waals surface area contributed by atoms with Crippen molar-refractivity contribution in [3.8, 4) is 0 Å². The SMILES string of the molecule is CCCC(=O)OC(=O)CCCNC(=O)OC(C)(C)C. The summed E-state index contributed by atoms with van der Waals surface area (Å²) in [5, 5.41) is 2.52. The van der Waals surface area contributed by atoms with Crippen molar-refractivity contribution in [1.82, 2.24) is 5.32 Å². The molecule has 0 fully saturated rings. The number of hydrogen-bond donors (Lipinski definition) is 1. The first-order chi connectivity index (χ1) is 8.74. The number of esters is 2. The summed E-state index contributed by atoms with van der Waals surface area (Å²) < 4.78 is 9.58. The van der Waals surface area contributed by atoms with Gasteiger partial charge in [0.05, 0.1) is 0 Å². The zero-order valence-corrected chi connectivity index (χ0v) is 12.1. The molecule has 0 heterocycles. The van der Waals surface area contributed by atoms with Crippen molar-refractivity contribution in [2.75, 3.05) is 6.54 Å². The third-order valence-electron chi connectivity index (χ3n) is 1.91. The lowest BCUT2D eigenvalue weighted by atomic mass is 10.2. The van der Waals surface area contributed by atoms with Gasteiger partial charge >= 0.3 is 18.0 Å². The van der Waals surface area contributed by atoms with E-state index in [1.54, 1.807) is 20.8 Å². The summed E-state index contributed by atoms with van der Waals surface area (Å²) in [6.07, 6.45) is 0.847. The van der Waals surface area contributed by atoms with Crippen molar-refractivity contribution in [3.05, 3.63) is 0 Å². The first-order valence-corrected chi connectivity index (χ1v) is 6.45. The first kappa shape index (κ1) is 17.4. The molecule has 1 N–H and O–H groups in total. The van der Waals surface area contributed by atoms with E-state index < -0.39 is 23.6 Å². The van der Waals surface area contributed by atoms with Gasteiger partial charge in [0.25, 0.3) is 0 Å². The van der Waals surface area contributed by atoms with Crippen molar-refractivity contribution in [3.63, 3.8) is 0 Å². The predicted octanol–water partition coefficient (Wildman–Crippen LogP) is 2.16. The zero-order chi connectivity index (χ0) is 14.9. The Kier molecular flexibility index (Phi) is 7.79. The summed E-state index contributed by atoms with van der Waals surface area (Å²) >= 11 is 0. The summed E-state index contributed by atoms with van der Waals surface area (Å²) in [7, 11) is 0. The molecule has 19 heavy (non-hydrogen) atoms. The summed E-state index contributed by atoms with van der Waals surface area (Å²) in [5.41, 5.74) is -0.546. The molecule has 0 bridgehead atoms. The molecule has 0 rings (SSSR count). The quantitative estimate of drug-likeness (QED) is 0.455. The van der Waals surface area contributed by atoms with Gasteiger partial charge in [0, 0.05) is 19.4 Å². The minimum absolute atomic E-state index is 0.0885. The maximum atomic E-state index is 11.3. The maximum Gasteiger partial charge on any atom is 0.407 e. The van der Waals surface area contributed by atoms with Gasteiger partial charge in [0.2, 0.25) is 0 Å². The number of carbonyl (C=O) groups is 3. The molecule has 0 spiro atoms. The number of nitrogens with one attached hydrogen (secondary N) is 1. The lowest BCUT2D eigenvalue weighted by Gasteiger charge is -2.19. The molecule has 0 aliphatic rings. The molecule has 0 saturated heterocycles. The number of alkyl carbamates (subject to hydrolysis) is 1. The van der Waals surface area contributed by atoms with Crippen LogP contribution in [-0.4, -0.2) is 30.2 Å². The van der Waals surface area contributed by atoms with Crippen LogP contribution in [0.1, 0.15) is 53.4 Å². The van der Waals surface area contributed by atoms with E-state index in [1.807, 2.05) is 6.92 Å². The fraction of sp³-hybridized carbons (Fsp3) is 0.769. The second kappa shape index (κ2) is 8.50. The molecular formula is C13H23NO5.